The van der Waals surface area contributed by atoms with Gasteiger partial charge in [0, 0.05) is 42.8 Å². The SMILES string of the molecule is COC(=O)NC1CCN(C(=O)c2cc(N[C@H](C)c3ccc(F)cc3)nc(-c3cnn4ccsc34)n2)CC1. The molecule has 10 nitrogen and oxygen atoms in total. The van der Waals surface area contributed by atoms with Gasteiger partial charge in [-0.05, 0) is 37.5 Å². The Hall–Kier alpha value is -4.06. The van der Waals surface area contributed by atoms with Crippen LogP contribution in [-0.4, -0.2) is 62.7 Å². The van der Waals surface area contributed by atoms with Gasteiger partial charge in [-0.2, -0.15) is 5.10 Å². The average molecular weight is 524 g/mol. The van der Waals surface area contributed by atoms with E-state index in [4.69, 9.17) is 4.98 Å². The second-order valence-electron chi connectivity index (χ2n) is 8.79. The molecule has 1 fully saturated rings. The van der Waals surface area contributed by atoms with Gasteiger partial charge >= 0.3 is 6.09 Å². The third-order valence-corrected chi connectivity index (χ3v) is 7.23. The second-order valence-corrected chi connectivity index (χ2v) is 9.69. The molecule has 37 heavy (non-hydrogen) atoms. The summed E-state index contributed by atoms with van der Waals surface area (Å²) >= 11 is 1.51. The van der Waals surface area contributed by atoms with Gasteiger partial charge in [-0.3, -0.25) is 4.79 Å². The molecule has 1 aromatic carbocycles. The standard InChI is InChI=1S/C25H26FN7O3S/c1-15(16-3-5-17(26)6-4-16)28-21-13-20(23(34)32-9-7-18(8-10-32)29-25(35)36-2)30-22(31-21)19-14-27-33-11-12-37-24(19)33/h3-6,11-15,18H,7-10H2,1-2H3,(H,29,35)(H,28,30,31)/t15-/m1/s1. The molecule has 0 saturated carbocycles. The first kappa shape index (κ1) is 24.6. The average Bonchev–Trinajstić information content (AvgIpc) is 3.53. The number of benzene rings is 1. The molecule has 192 valence electrons. The van der Waals surface area contributed by atoms with Crippen LogP contribution in [-0.2, 0) is 4.74 Å². The van der Waals surface area contributed by atoms with E-state index in [9.17, 15) is 14.0 Å². The fraction of sp³-hybridized carbons (Fsp3) is 0.320. The third-order valence-electron chi connectivity index (χ3n) is 6.34. The summed E-state index contributed by atoms with van der Waals surface area (Å²) in [6.07, 6.45) is 4.29. The molecular weight excluding hydrogens is 497 g/mol. The Morgan fingerprint density at radius 3 is 2.68 bits per heavy atom. The Morgan fingerprint density at radius 2 is 1.95 bits per heavy atom. The topological polar surface area (TPSA) is 114 Å². The lowest BCUT2D eigenvalue weighted by Crippen LogP contribution is -2.46. The van der Waals surface area contributed by atoms with Crippen LogP contribution >= 0.6 is 11.3 Å². The highest BCUT2D eigenvalue weighted by Crippen LogP contribution is 2.28. The summed E-state index contributed by atoms with van der Waals surface area (Å²) in [5.41, 5.74) is 1.86. The van der Waals surface area contributed by atoms with Crippen LogP contribution in [0.15, 0.2) is 48.1 Å². The summed E-state index contributed by atoms with van der Waals surface area (Å²) < 4.78 is 19.8. The fourth-order valence-corrected chi connectivity index (χ4v) is 5.09. The Bertz CT molecular complexity index is 1410. The van der Waals surface area contributed by atoms with Crippen LogP contribution in [0.25, 0.3) is 16.2 Å². The van der Waals surface area contributed by atoms with E-state index in [1.807, 2.05) is 18.5 Å². The summed E-state index contributed by atoms with van der Waals surface area (Å²) in [5, 5.41) is 12.4. The van der Waals surface area contributed by atoms with Crippen molar-refractivity contribution < 1.29 is 18.7 Å². The molecular formula is C25H26FN7O3S. The van der Waals surface area contributed by atoms with Gasteiger partial charge in [0.15, 0.2) is 5.82 Å². The minimum absolute atomic E-state index is 0.0502. The number of nitrogens with one attached hydrogen (secondary N) is 2. The highest BCUT2D eigenvalue weighted by molar-refractivity contribution is 7.16. The number of aromatic nitrogens is 4. The molecule has 0 bridgehead atoms. The molecule has 5 rings (SSSR count). The molecule has 1 atom stereocenters. The first-order chi connectivity index (χ1) is 17.9. The molecule has 0 aliphatic carbocycles. The van der Waals surface area contributed by atoms with Crippen LogP contribution < -0.4 is 10.6 Å². The van der Waals surface area contributed by atoms with E-state index in [1.165, 1.54) is 30.6 Å². The summed E-state index contributed by atoms with van der Waals surface area (Å²) in [6.45, 7) is 2.89. The Balaban J connectivity index is 1.42. The maximum Gasteiger partial charge on any atom is 0.407 e. The van der Waals surface area contributed by atoms with Gasteiger partial charge in [0.25, 0.3) is 5.91 Å². The number of piperidine rings is 1. The van der Waals surface area contributed by atoms with Gasteiger partial charge in [0.2, 0.25) is 0 Å². The minimum Gasteiger partial charge on any atom is -0.453 e. The van der Waals surface area contributed by atoms with Crippen molar-refractivity contribution in [2.45, 2.75) is 31.8 Å². The van der Waals surface area contributed by atoms with Gasteiger partial charge in [-0.1, -0.05) is 12.1 Å². The zero-order valence-corrected chi connectivity index (χ0v) is 21.2. The maximum atomic E-state index is 13.5. The lowest BCUT2D eigenvalue weighted by molar-refractivity contribution is 0.0698. The van der Waals surface area contributed by atoms with E-state index >= 15 is 0 Å². The number of hydrogen-bond donors (Lipinski definition) is 2. The largest absolute Gasteiger partial charge is 0.453 e. The van der Waals surface area contributed by atoms with E-state index in [-0.39, 0.29) is 29.5 Å². The van der Waals surface area contributed by atoms with Crippen molar-refractivity contribution in [2.75, 3.05) is 25.5 Å². The van der Waals surface area contributed by atoms with E-state index in [2.05, 4.69) is 25.5 Å². The number of anilines is 1. The molecule has 2 N–H and O–H groups in total. The number of likely N-dealkylation sites (tertiary alicyclic amines) is 1. The highest BCUT2D eigenvalue weighted by Gasteiger charge is 2.27. The Labute approximate surface area is 216 Å². The third kappa shape index (κ3) is 5.38. The normalized spacial score (nSPS) is 14.9. The number of ether oxygens (including phenoxy) is 1. The number of thiazole rings is 1. The molecule has 0 unspecified atom stereocenters. The van der Waals surface area contributed by atoms with E-state index < -0.39 is 6.09 Å². The number of halogens is 1. The van der Waals surface area contributed by atoms with Crippen LogP contribution in [0.4, 0.5) is 15.0 Å². The molecule has 1 aliphatic rings. The minimum atomic E-state index is -0.475. The number of alkyl carbamates (subject to hydrolysis) is 1. The Morgan fingerprint density at radius 1 is 1.19 bits per heavy atom. The van der Waals surface area contributed by atoms with E-state index in [1.54, 1.807) is 33.8 Å². The molecule has 4 aromatic rings. The van der Waals surface area contributed by atoms with Crippen molar-refractivity contribution in [2.24, 2.45) is 0 Å². The predicted molar refractivity (Wildman–Crippen MR) is 137 cm³/mol. The number of methoxy groups -OCH3 is 1. The number of hydrogen-bond acceptors (Lipinski definition) is 8. The smallest absolute Gasteiger partial charge is 0.407 e. The predicted octanol–water partition coefficient (Wildman–Crippen LogP) is 4.13. The van der Waals surface area contributed by atoms with Crippen LogP contribution in [0.2, 0.25) is 0 Å². The first-order valence-corrected chi connectivity index (χ1v) is 12.8. The van der Waals surface area contributed by atoms with Crippen molar-refractivity contribution in [3.63, 3.8) is 0 Å². The van der Waals surface area contributed by atoms with Crippen LogP contribution in [0.5, 0.6) is 0 Å². The zero-order valence-electron chi connectivity index (χ0n) is 20.3. The number of rotatable bonds is 6. The van der Waals surface area contributed by atoms with Crippen molar-refractivity contribution in [3.05, 3.63) is 65.2 Å². The van der Waals surface area contributed by atoms with E-state index in [0.29, 0.717) is 37.6 Å². The monoisotopic (exact) mass is 523 g/mol. The van der Waals surface area contributed by atoms with Gasteiger partial charge in [-0.15, -0.1) is 11.3 Å². The number of nitrogens with zero attached hydrogens (tertiary/aromatic N) is 5. The molecule has 1 saturated heterocycles. The molecule has 12 heteroatoms. The van der Waals surface area contributed by atoms with Gasteiger partial charge < -0.3 is 20.3 Å². The van der Waals surface area contributed by atoms with Gasteiger partial charge in [-0.25, -0.2) is 23.7 Å². The van der Waals surface area contributed by atoms with Crippen molar-refractivity contribution in [1.29, 1.82) is 0 Å². The maximum absolute atomic E-state index is 13.5. The summed E-state index contributed by atoms with van der Waals surface area (Å²) in [5.74, 6) is 0.342. The molecule has 1 aliphatic heterocycles. The van der Waals surface area contributed by atoms with Crippen LogP contribution in [0.3, 0.4) is 0 Å². The molecule has 0 spiro atoms. The van der Waals surface area contributed by atoms with Crippen molar-refractivity contribution in [3.8, 4) is 11.4 Å². The van der Waals surface area contributed by atoms with Crippen molar-refractivity contribution >= 4 is 34.0 Å². The lowest BCUT2D eigenvalue weighted by Gasteiger charge is -2.32. The number of amides is 2. The molecule has 4 heterocycles. The van der Waals surface area contributed by atoms with E-state index in [0.717, 1.165) is 16.0 Å². The van der Waals surface area contributed by atoms with Crippen molar-refractivity contribution in [1.82, 2.24) is 29.8 Å². The first-order valence-electron chi connectivity index (χ1n) is 11.9. The number of carbonyl (C=O) groups is 2. The van der Waals surface area contributed by atoms with Gasteiger partial charge in [0.1, 0.15) is 22.2 Å². The number of carbonyl (C=O) groups excluding carboxylic acids is 2. The van der Waals surface area contributed by atoms with Gasteiger partial charge in [0.05, 0.1) is 18.9 Å². The quantitative estimate of drug-likeness (QED) is 0.391. The van der Waals surface area contributed by atoms with Crippen LogP contribution in [0, 0.1) is 5.82 Å². The van der Waals surface area contributed by atoms with Crippen LogP contribution in [0.1, 0.15) is 41.9 Å². The second kappa shape index (κ2) is 10.5. The summed E-state index contributed by atoms with van der Waals surface area (Å²) in [4.78, 5) is 36.9. The fourth-order valence-electron chi connectivity index (χ4n) is 4.30. The summed E-state index contributed by atoms with van der Waals surface area (Å²) in [6, 6.07) is 7.63. The highest BCUT2D eigenvalue weighted by atomic mass is 32.1. The Kier molecular flexibility index (Phi) is 6.99. The summed E-state index contributed by atoms with van der Waals surface area (Å²) in [7, 11) is 1.33. The zero-order chi connectivity index (χ0) is 25.9. The molecule has 2 amide bonds. The number of fused-ring (bicyclic) bond motifs is 1. The molecule has 0 radical (unpaired) electrons. The molecule has 3 aromatic heterocycles. The lowest BCUT2D eigenvalue weighted by atomic mass is 10.0.